The number of hydrogen-bond donors (Lipinski definition) is 3. The second-order valence-electron chi connectivity index (χ2n) is 5.08. The van der Waals surface area contributed by atoms with E-state index in [9.17, 15) is 9.59 Å². The number of nitrogens with one attached hydrogen (secondary N) is 2. The van der Waals surface area contributed by atoms with Crippen molar-refractivity contribution in [3.8, 4) is 0 Å². The zero-order chi connectivity index (χ0) is 17.6. The molecule has 0 heterocycles. The average molecular weight is 303 g/mol. The van der Waals surface area contributed by atoms with E-state index in [2.05, 4.69) is 10.6 Å². The molecule has 0 saturated carbocycles. The van der Waals surface area contributed by atoms with Crippen LogP contribution in [0, 0.1) is 11.8 Å². The van der Waals surface area contributed by atoms with Gasteiger partial charge in [0, 0.05) is 7.05 Å². The summed E-state index contributed by atoms with van der Waals surface area (Å²) in [6.07, 6.45) is 0.615. The van der Waals surface area contributed by atoms with Crippen LogP contribution in [0.25, 0.3) is 0 Å². The fourth-order valence-corrected chi connectivity index (χ4v) is 1.57. The molecule has 0 spiro atoms. The molecule has 0 saturated heterocycles. The van der Waals surface area contributed by atoms with Gasteiger partial charge in [-0.25, -0.2) is 0 Å². The first-order valence-electron chi connectivity index (χ1n) is 8.07. The SMILES string of the molecule is CC.CC.CNC(=O)C(NC(=O)C(N)CC(C)C)C(C)C. The summed E-state index contributed by atoms with van der Waals surface area (Å²) in [5.74, 6) is -0.0653. The molecule has 128 valence electrons. The van der Waals surface area contributed by atoms with Gasteiger partial charge in [-0.3, -0.25) is 9.59 Å². The first kappa shape index (κ1) is 24.9. The molecule has 0 aromatic rings. The van der Waals surface area contributed by atoms with E-state index in [1.165, 1.54) is 0 Å². The van der Waals surface area contributed by atoms with Crippen molar-refractivity contribution in [1.29, 1.82) is 0 Å². The smallest absolute Gasteiger partial charge is 0.242 e. The summed E-state index contributed by atoms with van der Waals surface area (Å²) in [5, 5.41) is 5.23. The Kier molecular flexibility index (Phi) is 18.1. The van der Waals surface area contributed by atoms with Crippen molar-refractivity contribution in [3.05, 3.63) is 0 Å². The fraction of sp³-hybridized carbons (Fsp3) is 0.875. The van der Waals surface area contributed by atoms with E-state index in [0.717, 1.165) is 0 Å². The van der Waals surface area contributed by atoms with Gasteiger partial charge in [-0.15, -0.1) is 0 Å². The normalized spacial score (nSPS) is 12.4. The number of nitrogens with two attached hydrogens (primary N) is 1. The minimum Gasteiger partial charge on any atom is -0.357 e. The third-order valence-corrected chi connectivity index (χ3v) is 2.56. The van der Waals surface area contributed by atoms with Crippen molar-refractivity contribution in [2.24, 2.45) is 17.6 Å². The molecule has 0 aliphatic rings. The van der Waals surface area contributed by atoms with E-state index in [0.29, 0.717) is 12.3 Å². The van der Waals surface area contributed by atoms with E-state index in [4.69, 9.17) is 5.73 Å². The third kappa shape index (κ3) is 12.4. The minimum atomic E-state index is -0.555. The lowest BCUT2D eigenvalue weighted by molar-refractivity contribution is -0.130. The largest absolute Gasteiger partial charge is 0.357 e. The van der Waals surface area contributed by atoms with Crippen LogP contribution in [0.15, 0.2) is 0 Å². The van der Waals surface area contributed by atoms with Crippen molar-refractivity contribution in [2.75, 3.05) is 7.05 Å². The van der Waals surface area contributed by atoms with Gasteiger partial charge in [0.1, 0.15) is 6.04 Å². The highest BCUT2D eigenvalue weighted by Crippen LogP contribution is 2.05. The molecule has 0 aliphatic carbocycles. The van der Waals surface area contributed by atoms with E-state index in [-0.39, 0.29) is 17.7 Å². The van der Waals surface area contributed by atoms with Gasteiger partial charge in [0.05, 0.1) is 6.04 Å². The fourth-order valence-electron chi connectivity index (χ4n) is 1.57. The van der Waals surface area contributed by atoms with Crippen LogP contribution in [0.5, 0.6) is 0 Å². The molecule has 0 radical (unpaired) electrons. The van der Waals surface area contributed by atoms with Crippen LogP contribution >= 0.6 is 0 Å². The van der Waals surface area contributed by atoms with Gasteiger partial charge in [-0.1, -0.05) is 55.4 Å². The van der Waals surface area contributed by atoms with Gasteiger partial charge < -0.3 is 16.4 Å². The van der Waals surface area contributed by atoms with Gasteiger partial charge in [0.25, 0.3) is 0 Å². The van der Waals surface area contributed by atoms with Crippen molar-refractivity contribution in [1.82, 2.24) is 10.6 Å². The quantitative estimate of drug-likeness (QED) is 0.704. The number of hydrogen-bond acceptors (Lipinski definition) is 3. The molecular formula is C16H37N3O2. The summed E-state index contributed by atoms with van der Waals surface area (Å²) in [7, 11) is 1.55. The predicted octanol–water partition coefficient (Wildman–Crippen LogP) is 2.30. The highest BCUT2D eigenvalue weighted by atomic mass is 16.2. The Morgan fingerprint density at radius 3 is 1.67 bits per heavy atom. The van der Waals surface area contributed by atoms with Gasteiger partial charge >= 0.3 is 0 Å². The number of amides is 2. The highest BCUT2D eigenvalue weighted by molar-refractivity contribution is 5.89. The van der Waals surface area contributed by atoms with Crippen LogP contribution < -0.4 is 16.4 Å². The molecule has 2 atom stereocenters. The lowest BCUT2D eigenvalue weighted by Crippen LogP contribution is -2.53. The minimum absolute atomic E-state index is 0.0325. The maximum atomic E-state index is 11.8. The molecule has 0 aromatic carbocycles. The Hall–Kier alpha value is -1.10. The van der Waals surface area contributed by atoms with E-state index in [1.807, 2.05) is 55.4 Å². The topological polar surface area (TPSA) is 84.2 Å². The van der Waals surface area contributed by atoms with Gasteiger partial charge in [0.2, 0.25) is 11.8 Å². The zero-order valence-corrected chi connectivity index (χ0v) is 15.4. The number of carbonyl (C=O) groups is 2. The van der Waals surface area contributed by atoms with E-state index < -0.39 is 12.1 Å². The molecule has 0 fully saturated rings. The Bertz CT molecular complexity index is 266. The van der Waals surface area contributed by atoms with Gasteiger partial charge in [-0.05, 0) is 18.3 Å². The first-order valence-corrected chi connectivity index (χ1v) is 8.07. The summed E-state index contributed by atoms with van der Waals surface area (Å²) in [5.41, 5.74) is 5.76. The first-order chi connectivity index (χ1) is 9.79. The van der Waals surface area contributed by atoms with Crippen LogP contribution in [0.1, 0.15) is 61.8 Å². The van der Waals surface area contributed by atoms with Crippen molar-refractivity contribution < 1.29 is 9.59 Å². The predicted molar refractivity (Wildman–Crippen MR) is 91.0 cm³/mol. The van der Waals surface area contributed by atoms with Crippen molar-refractivity contribution in [3.63, 3.8) is 0 Å². The van der Waals surface area contributed by atoms with Crippen LogP contribution in [0.3, 0.4) is 0 Å². The van der Waals surface area contributed by atoms with Gasteiger partial charge in [-0.2, -0.15) is 0 Å². The Morgan fingerprint density at radius 1 is 0.952 bits per heavy atom. The number of carbonyl (C=O) groups excluding carboxylic acids is 2. The van der Waals surface area contributed by atoms with E-state index in [1.54, 1.807) is 7.05 Å². The molecule has 0 aromatic heterocycles. The van der Waals surface area contributed by atoms with Crippen molar-refractivity contribution >= 4 is 11.8 Å². The molecule has 21 heavy (non-hydrogen) atoms. The number of rotatable bonds is 6. The van der Waals surface area contributed by atoms with Crippen LogP contribution in [-0.2, 0) is 9.59 Å². The molecule has 4 N–H and O–H groups in total. The molecule has 0 bridgehead atoms. The summed E-state index contributed by atoms with van der Waals surface area (Å²) in [6, 6.07) is -1.08. The van der Waals surface area contributed by atoms with Crippen LogP contribution in [-0.4, -0.2) is 30.9 Å². The monoisotopic (exact) mass is 303 g/mol. The summed E-state index contributed by atoms with van der Waals surface area (Å²) in [4.78, 5) is 23.4. The van der Waals surface area contributed by atoms with E-state index >= 15 is 0 Å². The Balaban J connectivity index is -0.000000739. The highest BCUT2D eigenvalue weighted by Gasteiger charge is 2.25. The van der Waals surface area contributed by atoms with Crippen LogP contribution in [0.4, 0.5) is 0 Å². The maximum absolute atomic E-state index is 11.8. The molecule has 2 unspecified atom stereocenters. The molecule has 0 rings (SSSR count). The summed E-state index contributed by atoms with van der Waals surface area (Å²) >= 11 is 0. The Morgan fingerprint density at radius 2 is 1.38 bits per heavy atom. The molecule has 0 aliphatic heterocycles. The second kappa shape index (κ2) is 15.3. The third-order valence-electron chi connectivity index (χ3n) is 2.56. The lowest BCUT2D eigenvalue weighted by atomic mass is 10.0. The molecule has 5 heteroatoms. The summed E-state index contributed by atoms with van der Waals surface area (Å²) in [6.45, 7) is 15.8. The summed E-state index contributed by atoms with van der Waals surface area (Å²) < 4.78 is 0. The van der Waals surface area contributed by atoms with Crippen LogP contribution in [0.2, 0.25) is 0 Å². The molecule has 2 amide bonds. The number of likely N-dealkylation sites (N-methyl/N-ethyl adjacent to an activating group) is 1. The Labute approximate surface area is 131 Å². The average Bonchev–Trinajstić information content (AvgIpc) is 2.46. The second-order valence-corrected chi connectivity index (χ2v) is 5.08. The standard InChI is InChI=1S/C12H25N3O2.2C2H6/c1-7(2)6-9(13)11(16)15-10(8(3)4)12(17)14-5;2*1-2/h7-10H,6,13H2,1-5H3,(H,14,17)(H,15,16);2*1-2H3. The zero-order valence-electron chi connectivity index (χ0n) is 15.4. The molecule has 5 nitrogen and oxygen atoms in total. The van der Waals surface area contributed by atoms with Gasteiger partial charge in [0.15, 0.2) is 0 Å². The maximum Gasteiger partial charge on any atom is 0.242 e. The van der Waals surface area contributed by atoms with Crippen molar-refractivity contribution in [2.45, 2.75) is 73.9 Å². The lowest BCUT2D eigenvalue weighted by Gasteiger charge is -2.23. The molecular weight excluding hydrogens is 266 g/mol.